The lowest BCUT2D eigenvalue weighted by Crippen LogP contribution is -2.38. The van der Waals surface area contributed by atoms with Crippen LogP contribution in [-0.4, -0.2) is 78.2 Å². The number of nitrogens with one attached hydrogen (secondary N) is 1. The highest BCUT2D eigenvalue weighted by Gasteiger charge is 2.45. The van der Waals surface area contributed by atoms with Crippen LogP contribution in [0.2, 0.25) is 0 Å². The van der Waals surface area contributed by atoms with E-state index in [-0.39, 0.29) is 6.61 Å². The van der Waals surface area contributed by atoms with Gasteiger partial charge in [-0.05, 0) is 30.8 Å². The minimum Gasteiger partial charge on any atom is -0.387 e. The number of aliphatic hydroxyl groups is 2. The van der Waals surface area contributed by atoms with E-state index in [4.69, 9.17) is 13.8 Å². The number of phosphoric acid groups is 1. The topological polar surface area (TPSA) is 160 Å². The summed E-state index contributed by atoms with van der Waals surface area (Å²) >= 11 is 3.95. The van der Waals surface area contributed by atoms with Gasteiger partial charge in [0.1, 0.15) is 18.3 Å². The van der Waals surface area contributed by atoms with Gasteiger partial charge in [-0.25, -0.2) is 9.36 Å². The third-order valence-electron chi connectivity index (χ3n) is 8.81. The first-order chi connectivity index (χ1) is 23.5. The van der Waals surface area contributed by atoms with Gasteiger partial charge in [-0.1, -0.05) is 111 Å². The molecule has 0 aliphatic carbocycles. The number of unbranched alkanes of at least 4 members (excludes halogenated alkanes) is 13. The van der Waals surface area contributed by atoms with Crippen LogP contribution < -0.4 is 11.2 Å². The van der Waals surface area contributed by atoms with Crippen LogP contribution in [0.4, 0.5) is 4.39 Å². The number of hydrogen-bond donors (Lipinski definition) is 4. The van der Waals surface area contributed by atoms with Crippen molar-refractivity contribution in [3.05, 3.63) is 32.9 Å². The number of rotatable bonds is 29. The van der Waals surface area contributed by atoms with Gasteiger partial charge in [-0.3, -0.25) is 23.4 Å². The summed E-state index contributed by atoms with van der Waals surface area (Å²) in [4.78, 5) is 35.3. The molecule has 0 radical (unpaired) electrons. The Kier molecular flexibility index (Phi) is 23.0. The number of nitrogens with zero attached hydrogens (tertiary/aromatic N) is 1. The molecule has 2 rings (SSSR count). The minimum atomic E-state index is -4.51. The van der Waals surface area contributed by atoms with Crippen LogP contribution in [0, 0.1) is 5.82 Å². The lowest BCUT2D eigenvalue weighted by molar-refractivity contribution is -0.0556. The molecular formula is C34H62FN2O9PS2. The second-order valence-electron chi connectivity index (χ2n) is 13.0. The first-order valence-corrected chi connectivity index (χ1v) is 22.0. The molecule has 1 aliphatic heterocycles. The van der Waals surface area contributed by atoms with Gasteiger partial charge in [-0.2, -0.15) is 27.9 Å². The van der Waals surface area contributed by atoms with Crippen molar-refractivity contribution in [2.75, 3.05) is 24.7 Å². The maximum absolute atomic E-state index is 13.7. The van der Waals surface area contributed by atoms with Gasteiger partial charge in [0.25, 0.3) is 5.56 Å². The molecule has 0 spiro atoms. The molecule has 4 N–H and O–H groups in total. The molecule has 1 aromatic heterocycles. The van der Waals surface area contributed by atoms with Gasteiger partial charge in [0, 0.05) is 10.5 Å². The summed E-state index contributed by atoms with van der Waals surface area (Å²) in [6.07, 6.45) is 15.8. The zero-order valence-corrected chi connectivity index (χ0v) is 32.3. The van der Waals surface area contributed by atoms with Crippen LogP contribution in [-0.2, 0) is 18.3 Å². The third kappa shape index (κ3) is 17.6. The fourth-order valence-corrected chi connectivity index (χ4v) is 9.32. The highest BCUT2D eigenvalue weighted by Crippen LogP contribution is 2.44. The second-order valence-corrected chi connectivity index (χ2v) is 17.3. The number of aliphatic hydroxyl groups excluding tert-OH is 2. The quantitative estimate of drug-likeness (QED) is 0.0479. The van der Waals surface area contributed by atoms with Gasteiger partial charge < -0.3 is 19.8 Å². The molecule has 0 saturated carbocycles. The van der Waals surface area contributed by atoms with Crippen molar-refractivity contribution in [1.82, 2.24) is 9.55 Å². The Bertz CT molecular complexity index is 1190. The van der Waals surface area contributed by atoms with E-state index in [1.54, 1.807) is 4.98 Å². The number of phosphoric ester groups is 1. The van der Waals surface area contributed by atoms with Gasteiger partial charge in [0.05, 0.1) is 19.4 Å². The highest BCUT2D eigenvalue weighted by atomic mass is 32.2. The molecule has 1 fully saturated rings. The van der Waals surface area contributed by atoms with Crippen molar-refractivity contribution in [1.29, 1.82) is 0 Å². The molecule has 0 aromatic carbocycles. The first kappa shape index (κ1) is 44.5. The van der Waals surface area contributed by atoms with Crippen LogP contribution >= 0.6 is 31.3 Å². The molecule has 11 nitrogen and oxygen atoms in total. The number of H-pyrrole nitrogens is 1. The van der Waals surface area contributed by atoms with Crippen LogP contribution in [0.15, 0.2) is 15.8 Å². The molecule has 1 aromatic rings. The number of halogens is 1. The van der Waals surface area contributed by atoms with Crippen LogP contribution in [0.5, 0.6) is 0 Å². The number of ether oxygens (including phenoxy) is 1. The average Bonchev–Trinajstić information content (AvgIpc) is 3.35. The molecule has 1 aliphatic rings. The standard InChI is InChI=1S/C34H62FN2O9PS2/c1-4-6-8-10-11-12-13-14-16-18-22-49-29(20-17-15-9-7-5-2)26(3)48-23-19-21-44-47(42,43)45-25-28-30(38)31(39)33(46-28)37-24-27(35)32(40)36-34(37)41/h24,26,28-31,33,38-39H,4-23,25H2,1-3H3,(H,42,43)(H,36,40,41)/t26?,28-,29?,30-,31-,33-/m1/s1. The number of hydrogen-bond acceptors (Lipinski definition) is 10. The number of aromatic amines is 1. The Balaban J connectivity index is 1.70. The van der Waals surface area contributed by atoms with E-state index in [1.807, 2.05) is 11.8 Å². The summed E-state index contributed by atoms with van der Waals surface area (Å²) in [5.74, 6) is 0.659. The van der Waals surface area contributed by atoms with E-state index < -0.39 is 56.0 Å². The average molecular weight is 757 g/mol. The first-order valence-electron chi connectivity index (χ1n) is 18.4. The Morgan fingerprint density at radius 2 is 1.45 bits per heavy atom. The van der Waals surface area contributed by atoms with Gasteiger partial charge in [0.15, 0.2) is 6.23 Å². The molecule has 2 heterocycles. The minimum absolute atomic E-state index is 0.00763. The summed E-state index contributed by atoms with van der Waals surface area (Å²) in [5, 5.41) is 21.7. The van der Waals surface area contributed by atoms with Crippen molar-refractivity contribution < 1.29 is 37.8 Å². The normalized spacial score (nSPS) is 21.9. The van der Waals surface area contributed by atoms with Crippen molar-refractivity contribution in [3.8, 4) is 0 Å². The Morgan fingerprint density at radius 1 is 0.878 bits per heavy atom. The lowest BCUT2D eigenvalue weighted by atomic mass is 10.1. The second kappa shape index (κ2) is 25.3. The van der Waals surface area contributed by atoms with Crippen molar-refractivity contribution in [2.45, 2.75) is 165 Å². The third-order valence-corrected chi connectivity index (χ3v) is 12.9. The van der Waals surface area contributed by atoms with E-state index in [2.05, 4.69) is 32.5 Å². The molecule has 0 amide bonds. The van der Waals surface area contributed by atoms with Crippen LogP contribution in [0.3, 0.4) is 0 Å². The van der Waals surface area contributed by atoms with Crippen molar-refractivity contribution in [3.63, 3.8) is 0 Å². The summed E-state index contributed by atoms with van der Waals surface area (Å²) < 4.78 is 42.3. The largest absolute Gasteiger partial charge is 0.472 e. The Morgan fingerprint density at radius 3 is 2.08 bits per heavy atom. The van der Waals surface area contributed by atoms with Gasteiger partial charge >= 0.3 is 13.5 Å². The van der Waals surface area contributed by atoms with Crippen molar-refractivity contribution in [2.24, 2.45) is 0 Å². The fourth-order valence-electron chi connectivity index (χ4n) is 5.79. The number of thioether (sulfide) groups is 2. The monoisotopic (exact) mass is 756 g/mol. The summed E-state index contributed by atoms with van der Waals surface area (Å²) in [5.41, 5.74) is -2.30. The van der Waals surface area contributed by atoms with E-state index in [0.29, 0.717) is 27.7 Å². The Hall–Kier alpha value is -0.700. The van der Waals surface area contributed by atoms with E-state index in [9.17, 15) is 33.7 Å². The summed E-state index contributed by atoms with van der Waals surface area (Å²) in [7, 11) is -4.51. The summed E-state index contributed by atoms with van der Waals surface area (Å²) in [6, 6.07) is 0. The molecule has 3 unspecified atom stereocenters. The zero-order chi connectivity index (χ0) is 36.1. The van der Waals surface area contributed by atoms with Crippen LogP contribution in [0.25, 0.3) is 0 Å². The maximum Gasteiger partial charge on any atom is 0.472 e. The smallest absolute Gasteiger partial charge is 0.387 e. The molecule has 15 heteroatoms. The molecule has 286 valence electrons. The SMILES string of the molecule is CCCCCCCCCCCCSC(CCCCCCC)C(C)SCCCOP(=O)(O)OC[C@H]1O[C@@H](n2cc(F)c(=O)[nH]c2=O)[C@H](O)[C@@H]1O. The molecule has 0 bridgehead atoms. The fraction of sp³-hybridized carbons (Fsp3) is 0.882. The predicted octanol–water partition coefficient (Wildman–Crippen LogP) is 7.32. The highest BCUT2D eigenvalue weighted by molar-refractivity contribution is 8.03. The van der Waals surface area contributed by atoms with Crippen LogP contribution in [0.1, 0.15) is 136 Å². The summed E-state index contributed by atoms with van der Waals surface area (Å²) in [6.45, 7) is 6.12. The zero-order valence-electron chi connectivity index (χ0n) is 29.8. The van der Waals surface area contributed by atoms with Gasteiger partial charge in [-0.15, -0.1) is 0 Å². The molecule has 49 heavy (non-hydrogen) atoms. The van der Waals surface area contributed by atoms with E-state index >= 15 is 0 Å². The molecular weight excluding hydrogens is 694 g/mol. The number of aromatic nitrogens is 2. The lowest BCUT2D eigenvalue weighted by Gasteiger charge is -2.24. The molecule has 1 saturated heterocycles. The molecule has 7 atom stereocenters. The predicted molar refractivity (Wildman–Crippen MR) is 197 cm³/mol. The van der Waals surface area contributed by atoms with Gasteiger partial charge in [0.2, 0.25) is 5.82 Å². The Labute approximate surface area is 300 Å². The van der Waals surface area contributed by atoms with Crippen molar-refractivity contribution >= 4 is 31.3 Å². The van der Waals surface area contributed by atoms with E-state index in [1.165, 1.54) is 108 Å². The van der Waals surface area contributed by atoms with E-state index in [0.717, 1.165) is 5.75 Å². The maximum atomic E-state index is 13.7.